The number of guanidine groups is 1. The molecule has 0 radical (unpaired) electrons. The third-order valence-electron chi connectivity index (χ3n) is 4.35. The van der Waals surface area contributed by atoms with Crippen LogP contribution in [0.2, 0.25) is 0 Å². The van der Waals surface area contributed by atoms with Crippen molar-refractivity contribution in [2.45, 2.75) is 20.4 Å². The lowest BCUT2D eigenvalue weighted by Gasteiger charge is -2.13. The zero-order valence-electron chi connectivity index (χ0n) is 18.3. The highest BCUT2D eigenvalue weighted by Crippen LogP contribution is 2.27. The number of methoxy groups -OCH3 is 2. The number of carbonyl (C=O) groups is 1. The number of amides is 1. The van der Waals surface area contributed by atoms with Crippen molar-refractivity contribution in [2.24, 2.45) is 4.99 Å². The van der Waals surface area contributed by atoms with Crippen molar-refractivity contribution in [1.82, 2.24) is 16.0 Å². The van der Waals surface area contributed by atoms with Gasteiger partial charge in [-0.3, -0.25) is 4.79 Å². The van der Waals surface area contributed by atoms with E-state index in [9.17, 15) is 9.18 Å². The zero-order chi connectivity index (χ0) is 21.9. The second kappa shape index (κ2) is 13.7. The molecule has 0 aromatic heterocycles. The maximum absolute atomic E-state index is 13.6. The standard InChI is InChI=1S/C22H29FN4O3.HI/c1-5-24-22(27-14-16-7-9-19(29-3)20(12-16)30-4)26-11-10-25-21(28)17-8-6-15(2)18(23)13-17;/h6-9,12-13H,5,10-11,14H2,1-4H3,(H,25,28)(H2,24,26,27);1H. The number of benzene rings is 2. The number of aryl methyl sites for hydroxylation is 1. The van der Waals surface area contributed by atoms with E-state index in [-0.39, 0.29) is 29.9 Å². The van der Waals surface area contributed by atoms with Crippen LogP contribution in [0.3, 0.4) is 0 Å². The predicted octanol–water partition coefficient (Wildman–Crippen LogP) is 3.25. The molecule has 2 rings (SSSR count). The molecule has 1 amide bonds. The molecule has 0 bridgehead atoms. The van der Waals surface area contributed by atoms with Gasteiger partial charge in [0.15, 0.2) is 17.5 Å². The SMILES string of the molecule is CCNC(=NCc1ccc(OC)c(OC)c1)NCCNC(=O)c1ccc(C)c(F)c1.I. The lowest BCUT2D eigenvalue weighted by Crippen LogP contribution is -2.41. The van der Waals surface area contributed by atoms with Gasteiger partial charge in [-0.25, -0.2) is 9.38 Å². The molecule has 0 fully saturated rings. The Bertz CT molecular complexity index is 893. The molecule has 0 heterocycles. The zero-order valence-corrected chi connectivity index (χ0v) is 20.6. The Labute approximate surface area is 199 Å². The Hall–Kier alpha value is -2.56. The van der Waals surface area contributed by atoms with Gasteiger partial charge in [-0.05, 0) is 49.2 Å². The number of ether oxygens (including phenoxy) is 2. The largest absolute Gasteiger partial charge is 0.493 e. The molecular weight excluding hydrogens is 514 g/mol. The number of carbonyl (C=O) groups excluding carboxylic acids is 1. The summed E-state index contributed by atoms with van der Waals surface area (Å²) in [4.78, 5) is 16.7. The molecule has 0 aliphatic heterocycles. The molecule has 31 heavy (non-hydrogen) atoms. The monoisotopic (exact) mass is 544 g/mol. The van der Waals surface area contributed by atoms with Gasteiger partial charge in [0.2, 0.25) is 0 Å². The maximum atomic E-state index is 13.6. The lowest BCUT2D eigenvalue weighted by molar-refractivity contribution is 0.0954. The minimum Gasteiger partial charge on any atom is -0.493 e. The van der Waals surface area contributed by atoms with Gasteiger partial charge in [0, 0.05) is 25.2 Å². The fourth-order valence-electron chi connectivity index (χ4n) is 2.68. The minimum atomic E-state index is -0.391. The van der Waals surface area contributed by atoms with Gasteiger partial charge >= 0.3 is 0 Å². The smallest absolute Gasteiger partial charge is 0.251 e. The van der Waals surface area contributed by atoms with E-state index in [0.29, 0.717) is 54.8 Å². The van der Waals surface area contributed by atoms with E-state index in [0.717, 1.165) is 5.56 Å². The van der Waals surface area contributed by atoms with Gasteiger partial charge in [0.25, 0.3) is 5.91 Å². The highest BCUT2D eigenvalue weighted by atomic mass is 127. The Kier molecular flexibility index (Phi) is 11.7. The number of hydrogen-bond acceptors (Lipinski definition) is 4. The van der Waals surface area contributed by atoms with Crippen molar-refractivity contribution in [3.63, 3.8) is 0 Å². The van der Waals surface area contributed by atoms with Crippen molar-refractivity contribution in [1.29, 1.82) is 0 Å². The van der Waals surface area contributed by atoms with E-state index in [1.807, 2.05) is 25.1 Å². The van der Waals surface area contributed by atoms with E-state index < -0.39 is 5.82 Å². The molecule has 0 aliphatic rings. The molecule has 9 heteroatoms. The maximum Gasteiger partial charge on any atom is 0.251 e. The Balaban J connectivity index is 0.00000480. The molecule has 0 atom stereocenters. The fraction of sp³-hybridized carbons (Fsp3) is 0.364. The molecule has 0 spiro atoms. The van der Waals surface area contributed by atoms with Gasteiger partial charge in [0.05, 0.1) is 20.8 Å². The van der Waals surface area contributed by atoms with Gasteiger partial charge in [0.1, 0.15) is 5.82 Å². The molecule has 0 unspecified atom stereocenters. The van der Waals surface area contributed by atoms with Crippen LogP contribution in [0.15, 0.2) is 41.4 Å². The summed E-state index contributed by atoms with van der Waals surface area (Å²) in [5.41, 5.74) is 1.78. The fourth-order valence-corrected chi connectivity index (χ4v) is 2.68. The first-order chi connectivity index (χ1) is 14.5. The van der Waals surface area contributed by atoms with Crippen LogP contribution >= 0.6 is 24.0 Å². The quantitative estimate of drug-likeness (QED) is 0.196. The van der Waals surface area contributed by atoms with Crippen LogP contribution < -0.4 is 25.4 Å². The summed E-state index contributed by atoms with van der Waals surface area (Å²) in [6.07, 6.45) is 0. The molecule has 0 aliphatic carbocycles. The minimum absolute atomic E-state index is 0. The Morgan fingerprint density at radius 3 is 2.35 bits per heavy atom. The summed E-state index contributed by atoms with van der Waals surface area (Å²) in [6, 6.07) is 10.1. The highest BCUT2D eigenvalue weighted by Gasteiger charge is 2.08. The van der Waals surface area contributed by atoms with Crippen molar-refractivity contribution in [3.05, 3.63) is 58.9 Å². The van der Waals surface area contributed by atoms with Crippen LogP contribution in [-0.2, 0) is 6.54 Å². The third kappa shape index (κ3) is 8.23. The van der Waals surface area contributed by atoms with Gasteiger partial charge in [-0.2, -0.15) is 0 Å². The van der Waals surface area contributed by atoms with Gasteiger partial charge in [-0.15, -0.1) is 24.0 Å². The number of nitrogens with one attached hydrogen (secondary N) is 3. The molecule has 170 valence electrons. The van der Waals surface area contributed by atoms with E-state index >= 15 is 0 Å². The second-order valence-corrected chi connectivity index (χ2v) is 6.53. The summed E-state index contributed by atoms with van der Waals surface area (Å²) in [7, 11) is 3.19. The number of aliphatic imine (C=N–C) groups is 1. The van der Waals surface area contributed by atoms with Gasteiger partial charge in [-0.1, -0.05) is 12.1 Å². The predicted molar refractivity (Wildman–Crippen MR) is 131 cm³/mol. The average Bonchev–Trinajstić information content (AvgIpc) is 2.76. The summed E-state index contributed by atoms with van der Waals surface area (Å²) >= 11 is 0. The van der Waals surface area contributed by atoms with E-state index in [4.69, 9.17) is 9.47 Å². The number of hydrogen-bond donors (Lipinski definition) is 3. The highest BCUT2D eigenvalue weighted by molar-refractivity contribution is 14.0. The van der Waals surface area contributed by atoms with Crippen LogP contribution in [0.5, 0.6) is 11.5 Å². The molecule has 7 nitrogen and oxygen atoms in total. The summed E-state index contributed by atoms with van der Waals surface area (Å²) in [5, 5.41) is 9.09. The van der Waals surface area contributed by atoms with E-state index in [1.54, 1.807) is 33.3 Å². The average molecular weight is 544 g/mol. The summed E-state index contributed by atoms with van der Waals surface area (Å²) in [5.74, 6) is 1.24. The number of halogens is 2. The number of nitrogens with zero attached hydrogens (tertiary/aromatic N) is 1. The summed E-state index contributed by atoms with van der Waals surface area (Å²) in [6.45, 7) is 5.62. The normalized spacial score (nSPS) is 10.7. The second-order valence-electron chi connectivity index (χ2n) is 6.53. The van der Waals surface area contributed by atoms with Crippen molar-refractivity contribution in [2.75, 3.05) is 33.9 Å². The lowest BCUT2D eigenvalue weighted by atomic mass is 10.1. The van der Waals surface area contributed by atoms with Crippen LogP contribution in [0, 0.1) is 12.7 Å². The van der Waals surface area contributed by atoms with Crippen LogP contribution in [0.1, 0.15) is 28.4 Å². The topological polar surface area (TPSA) is 84.0 Å². The van der Waals surface area contributed by atoms with Crippen molar-refractivity contribution < 1.29 is 18.7 Å². The Morgan fingerprint density at radius 2 is 1.71 bits per heavy atom. The third-order valence-corrected chi connectivity index (χ3v) is 4.35. The van der Waals surface area contributed by atoms with E-state index in [1.165, 1.54) is 6.07 Å². The Morgan fingerprint density at radius 1 is 1.00 bits per heavy atom. The molecule has 3 N–H and O–H groups in total. The first-order valence-electron chi connectivity index (χ1n) is 9.76. The van der Waals surface area contributed by atoms with Gasteiger partial charge < -0.3 is 25.4 Å². The first-order valence-corrected chi connectivity index (χ1v) is 9.76. The van der Waals surface area contributed by atoms with Crippen LogP contribution in [-0.4, -0.2) is 45.7 Å². The van der Waals surface area contributed by atoms with Crippen LogP contribution in [0.25, 0.3) is 0 Å². The molecule has 2 aromatic carbocycles. The van der Waals surface area contributed by atoms with Crippen molar-refractivity contribution in [3.8, 4) is 11.5 Å². The summed E-state index contributed by atoms with van der Waals surface area (Å²) < 4.78 is 24.2. The van der Waals surface area contributed by atoms with E-state index in [2.05, 4.69) is 20.9 Å². The van der Waals surface area contributed by atoms with Crippen molar-refractivity contribution >= 4 is 35.8 Å². The molecule has 0 saturated heterocycles. The van der Waals surface area contributed by atoms with Crippen LogP contribution in [0.4, 0.5) is 4.39 Å². The molecule has 2 aromatic rings. The first kappa shape index (κ1) is 26.5. The molecular formula is C22H30FIN4O3. The number of rotatable bonds is 9. The molecule has 0 saturated carbocycles.